The molecule has 0 unspecified atom stereocenters. The largest absolute Gasteiger partial charge is 0.493 e. The van der Waals surface area contributed by atoms with E-state index in [0.29, 0.717) is 22.4 Å². The third-order valence-electron chi connectivity index (χ3n) is 4.84. The van der Waals surface area contributed by atoms with Crippen LogP contribution in [0.5, 0.6) is 11.5 Å². The van der Waals surface area contributed by atoms with Crippen LogP contribution in [-0.4, -0.2) is 42.8 Å². The number of fused-ring (bicyclic) bond motifs is 1. The number of hydrogen-bond acceptors (Lipinski definition) is 7. The van der Waals surface area contributed by atoms with Crippen LogP contribution in [0.15, 0.2) is 41.5 Å². The Morgan fingerprint density at radius 3 is 2.48 bits per heavy atom. The highest BCUT2D eigenvalue weighted by atomic mass is 16.5. The van der Waals surface area contributed by atoms with Gasteiger partial charge in [-0.1, -0.05) is 12.1 Å². The first-order chi connectivity index (χ1) is 14.9. The van der Waals surface area contributed by atoms with Gasteiger partial charge in [-0.25, -0.2) is 9.78 Å². The van der Waals surface area contributed by atoms with E-state index in [1.165, 1.54) is 44.4 Å². The number of anilines is 1. The lowest BCUT2D eigenvalue weighted by Crippen LogP contribution is -2.24. The van der Waals surface area contributed by atoms with E-state index in [9.17, 15) is 14.4 Å². The van der Waals surface area contributed by atoms with Crippen LogP contribution in [0.1, 0.15) is 22.3 Å². The highest BCUT2D eigenvalue weighted by Crippen LogP contribution is 2.33. The first-order valence-electron chi connectivity index (χ1n) is 9.48. The molecule has 0 radical (unpaired) electrons. The van der Waals surface area contributed by atoms with Crippen LogP contribution in [0.4, 0.5) is 5.69 Å². The summed E-state index contributed by atoms with van der Waals surface area (Å²) >= 11 is 0. The molecular formula is C22H23N3O6. The van der Waals surface area contributed by atoms with Crippen LogP contribution in [0.3, 0.4) is 0 Å². The molecule has 0 aliphatic rings. The Kier molecular flexibility index (Phi) is 6.54. The molecule has 3 aromatic rings. The maximum atomic E-state index is 12.7. The molecule has 0 aliphatic heterocycles. The van der Waals surface area contributed by atoms with Gasteiger partial charge >= 0.3 is 5.97 Å². The fraction of sp³-hybridized carbons (Fsp3) is 0.273. The first-order valence-corrected chi connectivity index (χ1v) is 9.48. The second kappa shape index (κ2) is 9.29. The van der Waals surface area contributed by atoms with E-state index in [4.69, 9.17) is 14.2 Å². The predicted octanol–water partition coefficient (Wildman–Crippen LogP) is 2.54. The number of benzene rings is 2. The van der Waals surface area contributed by atoms with Crippen molar-refractivity contribution in [2.45, 2.75) is 19.9 Å². The Morgan fingerprint density at radius 2 is 1.81 bits per heavy atom. The molecule has 0 aliphatic carbocycles. The van der Waals surface area contributed by atoms with Gasteiger partial charge in [0.05, 0.1) is 49.8 Å². The maximum Gasteiger partial charge on any atom is 0.340 e. The number of carbonyl (C=O) groups excluding carboxylic acids is 2. The second-order valence-corrected chi connectivity index (χ2v) is 6.76. The molecule has 0 spiro atoms. The van der Waals surface area contributed by atoms with Gasteiger partial charge in [-0.3, -0.25) is 14.2 Å². The van der Waals surface area contributed by atoms with Crippen molar-refractivity contribution in [1.29, 1.82) is 0 Å². The molecule has 1 heterocycles. The van der Waals surface area contributed by atoms with Crippen LogP contribution in [0.25, 0.3) is 10.9 Å². The topological polar surface area (TPSA) is 109 Å². The number of amides is 1. The number of hydrogen-bond donors (Lipinski definition) is 1. The lowest BCUT2D eigenvalue weighted by Gasteiger charge is -2.15. The number of carbonyl (C=O) groups is 2. The second-order valence-electron chi connectivity index (χ2n) is 6.76. The Balaban J connectivity index is 1.81. The Morgan fingerprint density at radius 1 is 1.10 bits per heavy atom. The molecule has 162 valence electrons. The zero-order valence-corrected chi connectivity index (χ0v) is 17.7. The average Bonchev–Trinajstić information content (AvgIpc) is 2.78. The van der Waals surface area contributed by atoms with Gasteiger partial charge in [0.2, 0.25) is 5.91 Å². The van der Waals surface area contributed by atoms with Crippen molar-refractivity contribution in [3.8, 4) is 11.5 Å². The van der Waals surface area contributed by atoms with Crippen molar-refractivity contribution in [2.24, 2.45) is 0 Å². The molecule has 0 bridgehead atoms. The van der Waals surface area contributed by atoms with Gasteiger partial charge in [-0.05, 0) is 18.6 Å². The number of para-hydroxylation sites is 1. The minimum Gasteiger partial charge on any atom is -0.493 e. The van der Waals surface area contributed by atoms with Crippen molar-refractivity contribution in [2.75, 3.05) is 26.6 Å². The van der Waals surface area contributed by atoms with Crippen LogP contribution in [0.2, 0.25) is 0 Å². The molecule has 2 aromatic carbocycles. The molecule has 0 saturated heterocycles. The summed E-state index contributed by atoms with van der Waals surface area (Å²) < 4.78 is 16.6. The standard InChI is InChI=1S/C22H23N3O6/c1-13-6-5-7-14-20(13)23-12-25(21(14)27)9-8-19(26)24-16-11-18(30-3)17(29-2)10-15(16)22(28)31-4/h5-7,10-12H,8-9H2,1-4H3,(H,24,26). The van der Waals surface area contributed by atoms with Crippen molar-refractivity contribution < 1.29 is 23.8 Å². The van der Waals surface area contributed by atoms with E-state index >= 15 is 0 Å². The molecule has 0 saturated carbocycles. The van der Waals surface area contributed by atoms with Crippen molar-refractivity contribution in [3.63, 3.8) is 0 Å². The highest BCUT2D eigenvalue weighted by Gasteiger charge is 2.19. The number of methoxy groups -OCH3 is 3. The van der Waals surface area contributed by atoms with Gasteiger partial charge in [0.1, 0.15) is 0 Å². The molecule has 0 fully saturated rings. The number of esters is 1. The van der Waals surface area contributed by atoms with Gasteiger partial charge in [0, 0.05) is 25.1 Å². The van der Waals surface area contributed by atoms with E-state index in [-0.39, 0.29) is 29.8 Å². The molecule has 9 nitrogen and oxygen atoms in total. The zero-order valence-electron chi connectivity index (χ0n) is 17.7. The molecule has 3 rings (SSSR count). The van der Waals surface area contributed by atoms with E-state index in [2.05, 4.69) is 10.3 Å². The molecule has 1 aromatic heterocycles. The van der Waals surface area contributed by atoms with Gasteiger partial charge < -0.3 is 19.5 Å². The van der Waals surface area contributed by atoms with Gasteiger partial charge in [-0.15, -0.1) is 0 Å². The monoisotopic (exact) mass is 425 g/mol. The Hall–Kier alpha value is -3.88. The number of nitrogens with one attached hydrogen (secondary N) is 1. The number of ether oxygens (including phenoxy) is 3. The predicted molar refractivity (Wildman–Crippen MR) is 115 cm³/mol. The van der Waals surface area contributed by atoms with E-state index in [1.807, 2.05) is 13.0 Å². The van der Waals surface area contributed by atoms with Crippen LogP contribution < -0.4 is 20.3 Å². The van der Waals surface area contributed by atoms with E-state index in [1.54, 1.807) is 12.1 Å². The highest BCUT2D eigenvalue weighted by molar-refractivity contribution is 6.02. The van der Waals surface area contributed by atoms with E-state index in [0.717, 1.165) is 5.56 Å². The summed E-state index contributed by atoms with van der Waals surface area (Å²) in [4.78, 5) is 41.7. The molecule has 0 atom stereocenters. The zero-order chi connectivity index (χ0) is 22.5. The number of nitrogens with zero attached hydrogens (tertiary/aromatic N) is 2. The minimum absolute atomic E-state index is 0.00608. The summed E-state index contributed by atoms with van der Waals surface area (Å²) in [6, 6.07) is 8.30. The third kappa shape index (κ3) is 4.50. The van der Waals surface area contributed by atoms with E-state index < -0.39 is 11.9 Å². The van der Waals surface area contributed by atoms with Crippen LogP contribution >= 0.6 is 0 Å². The normalized spacial score (nSPS) is 10.6. The van der Waals surface area contributed by atoms with Gasteiger partial charge in [0.25, 0.3) is 5.56 Å². The van der Waals surface area contributed by atoms with Crippen molar-refractivity contribution in [1.82, 2.24) is 9.55 Å². The summed E-state index contributed by atoms with van der Waals surface area (Å²) in [5, 5.41) is 3.17. The molecular weight excluding hydrogens is 402 g/mol. The van der Waals surface area contributed by atoms with Crippen molar-refractivity contribution >= 4 is 28.5 Å². The Labute approximate surface area is 178 Å². The summed E-state index contributed by atoms with van der Waals surface area (Å²) in [5.41, 5.74) is 1.66. The molecule has 1 amide bonds. The molecule has 1 N–H and O–H groups in total. The quantitative estimate of drug-likeness (QED) is 0.580. The lowest BCUT2D eigenvalue weighted by molar-refractivity contribution is -0.116. The number of aromatic nitrogens is 2. The summed E-state index contributed by atoms with van der Waals surface area (Å²) in [7, 11) is 4.13. The van der Waals surface area contributed by atoms with Crippen LogP contribution in [0, 0.1) is 6.92 Å². The Bertz CT molecular complexity index is 1200. The summed E-state index contributed by atoms with van der Waals surface area (Å²) in [5.74, 6) is -0.365. The average molecular weight is 425 g/mol. The molecule has 31 heavy (non-hydrogen) atoms. The van der Waals surface area contributed by atoms with Gasteiger partial charge in [-0.2, -0.15) is 0 Å². The molecule has 9 heteroatoms. The summed E-state index contributed by atoms with van der Waals surface area (Å²) in [6.07, 6.45) is 1.43. The number of aryl methyl sites for hydroxylation is 2. The lowest BCUT2D eigenvalue weighted by atomic mass is 10.1. The number of rotatable bonds is 7. The fourth-order valence-corrected chi connectivity index (χ4v) is 3.19. The third-order valence-corrected chi connectivity index (χ3v) is 4.84. The minimum atomic E-state index is -0.637. The SMILES string of the molecule is COC(=O)c1cc(OC)c(OC)cc1NC(=O)CCn1cnc2c(C)cccc2c1=O. The fourth-order valence-electron chi connectivity index (χ4n) is 3.19. The van der Waals surface area contributed by atoms with Gasteiger partial charge in [0.15, 0.2) is 11.5 Å². The maximum absolute atomic E-state index is 12.7. The van der Waals surface area contributed by atoms with Crippen molar-refractivity contribution in [3.05, 3.63) is 58.1 Å². The first kappa shape index (κ1) is 21.8. The van der Waals surface area contributed by atoms with Crippen LogP contribution in [-0.2, 0) is 16.1 Å². The smallest absolute Gasteiger partial charge is 0.340 e. The summed E-state index contributed by atoms with van der Waals surface area (Å²) in [6.45, 7) is 2.01.